The van der Waals surface area contributed by atoms with Gasteiger partial charge < -0.3 is 10.1 Å². The molecule has 6 nitrogen and oxygen atoms in total. The van der Waals surface area contributed by atoms with Gasteiger partial charge in [0.1, 0.15) is 6.54 Å². The van der Waals surface area contributed by atoms with Crippen LogP contribution in [-0.4, -0.2) is 39.9 Å². The molecular formula is C19H26N4O2. The van der Waals surface area contributed by atoms with Gasteiger partial charge in [0.25, 0.3) is 0 Å². The molecule has 0 spiro atoms. The minimum Gasteiger partial charge on any atom is -0.376 e. The first-order chi connectivity index (χ1) is 12.2. The first-order valence-corrected chi connectivity index (χ1v) is 9.04. The first kappa shape index (κ1) is 17.6. The minimum atomic E-state index is -0.0562. The topological polar surface area (TPSA) is 69.0 Å². The van der Waals surface area contributed by atoms with Gasteiger partial charge in [-0.1, -0.05) is 19.8 Å². The van der Waals surface area contributed by atoms with Crippen molar-refractivity contribution >= 4 is 5.91 Å². The van der Waals surface area contributed by atoms with Crippen LogP contribution in [0.2, 0.25) is 0 Å². The van der Waals surface area contributed by atoms with E-state index in [0.29, 0.717) is 25.2 Å². The van der Waals surface area contributed by atoms with Crippen LogP contribution in [0.3, 0.4) is 0 Å². The molecule has 0 saturated heterocycles. The predicted octanol–water partition coefficient (Wildman–Crippen LogP) is 2.66. The van der Waals surface area contributed by atoms with E-state index in [9.17, 15) is 4.79 Å². The van der Waals surface area contributed by atoms with Crippen molar-refractivity contribution in [3.05, 3.63) is 36.8 Å². The number of pyridine rings is 1. The fraction of sp³-hybridized carbons (Fsp3) is 0.526. The first-order valence-electron chi connectivity index (χ1n) is 9.04. The van der Waals surface area contributed by atoms with Crippen LogP contribution in [0, 0.1) is 5.92 Å². The van der Waals surface area contributed by atoms with Crippen LogP contribution < -0.4 is 5.32 Å². The molecule has 134 valence electrons. The van der Waals surface area contributed by atoms with Gasteiger partial charge in [0, 0.05) is 30.7 Å². The highest BCUT2D eigenvalue weighted by molar-refractivity contribution is 5.76. The summed E-state index contributed by atoms with van der Waals surface area (Å²) in [5, 5.41) is 7.17. The molecule has 1 fully saturated rings. The third-order valence-electron chi connectivity index (χ3n) is 4.77. The number of carbonyl (C=O) groups is 1. The number of nitrogens with one attached hydrogen (secondary N) is 1. The summed E-state index contributed by atoms with van der Waals surface area (Å²) < 4.78 is 7.63. The van der Waals surface area contributed by atoms with Crippen LogP contribution in [0.25, 0.3) is 11.3 Å². The zero-order chi connectivity index (χ0) is 17.5. The standard InChI is InChI=1S/C19H26N4O2/c1-15-4-2-3-5-18(15)25-13-12-21-19(24)14-23-17(8-11-22-23)16-6-9-20-10-7-16/h6-11,15,18H,2-5,12-14H2,1H3,(H,21,24)/t15-,18+/m0/s1. The second-order valence-corrected chi connectivity index (χ2v) is 6.63. The van der Waals surface area contributed by atoms with Crippen molar-refractivity contribution in [1.82, 2.24) is 20.1 Å². The van der Waals surface area contributed by atoms with E-state index >= 15 is 0 Å². The van der Waals surface area contributed by atoms with Gasteiger partial charge in [-0.05, 0) is 37.0 Å². The number of carbonyl (C=O) groups excluding carboxylic acids is 1. The molecule has 0 aromatic carbocycles. The Kier molecular flexibility index (Phi) is 6.17. The molecule has 1 saturated carbocycles. The summed E-state index contributed by atoms with van der Waals surface area (Å²) in [5.41, 5.74) is 1.90. The molecule has 2 atom stereocenters. The number of nitrogens with zero attached hydrogens (tertiary/aromatic N) is 3. The van der Waals surface area contributed by atoms with E-state index in [-0.39, 0.29) is 12.5 Å². The maximum absolute atomic E-state index is 12.2. The van der Waals surface area contributed by atoms with Crippen LogP contribution in [0.4, 0.5) is 0 Å². The van der Waals surface area contributed by atoms with Crippen molar-refractivity contribution in [2.24, 2.45) is 5.92 Å². The van der Waals surface area contributed by atoms with Crippen molar-refractivity contribution in [3.63, 3.8) is 0 Å². The summed E-state index contributed by atoms with van der Waals surface area (Å²) in [6.45, 7) is 3.55. The Bertz CT molecular complexity index is 671. The highest BCUT2D eigenvalue weighted by atomic mass is 16.5. The van der Waals surface area contributed by atoms with Crippen LogP contribution in [0.1, 0.15) is 32.6 Å². The molecule has 0 bridgehead atoms. The molecule has 25 heavy (non-hydrogen) atoms. The van der Waals surface area contributed by atoms with Crippen molar-refractivity contribution in [2.75, 3.05) is 13.2 Å². The molecule has 2 aromatic rings. The van der Waals surface area contributed by atoms with Crippen molar-refractivity contribution in [1.29, 1.82) is 0 Å². The van der Waals surface area contributed by atoms with Crippen LogP contribution >= 0.6 is 0 Å². The summed E-state index contributed by atoms with van der Waals surface area (Å²) in [4.78, 5) is 16.2. The third-order valence-corrected chi connectivity index (χ3v) is 4.77. The average molecular weight is 342 g/mol. The molecular weight excluding hydrogens is 316 g/mol. The average Bonchev–Trinajstić information content (AvgIpc) is 3.09. The molecule has 0 aliphatic heterocycles. The third kappa shape index (κ3) is 4.89. The number of rotatable bonds is 7. The monoisotopic (exact) mass is 342 g/mol. The predicted molar refractivity (Wildman–Crippen MR) is 95.8 cm³/mol. The van der Waals surface area contributed by atoms with E-state index in [1.54, 1.807) is 23.3 Å². The van der Waals surface area contributed by atoms with Gasteiger partial charge in [0.2, 0.25) is 5.91 Å². The largest absolute Gasteiger partial charge is 0.376 e. The number of aromatic nitrogens is 3. The van der Waals surface area contributed by atoms with E-state index in [1.165, 1.54) is 19.3 Å². The molecule has 6 heteroatoms. The number of hydrogen-bond donors (Lipinski definition) is 1. The molecule has 3 rings (SSSR count). The Balaban J connectivity index is 1.43. The van der Waals surface area contributed by atoms with Gasteiger partial charge in [-0.3, -0.25) is 14.5 Å². The maximum atomic E-state index is 12.2. The van der Waals surface area contributed by atoms with Gasteiger partial charge in [-0.25, -0.2) is 0 Å². The van der Waals surface area contributed by atoms with E-state index in [1.807, 2.05) is 18.2 Å². The van der Waals surface area contributed by atoms with Gasteiger partial charge in [-0.2, -0.15) is 5.10 Å². The second kappa shape index (κ2) is 8.76. The minimum absolute atomic E-state index is 0.0562. The van der Waals surface area contributed by atoms with Crippen LogP contribution in [0.15, 0.2) is 36.8 Å². The Morgan fingerprint density at radius 1 is 1.24 bits per heavy atom. The fourth-order valence-corrected chi connectivity index (χ4v) is 3.35. The Labute approximate surface area is 148 Å². The number of hydrogen-bond acceptors (Lipinski definition) is 4. The van der Waals surface area contributed by atoms with Crippen molar-refractivity contribution in [2.45, 2.75) is 45.3 Å². The maximum Gasteiger partial charge on any atom is 0.241 e. The van der Waals surface area contributed by atoms with E-state index in [0.717, 1.165) is 17.7 Å². The lowest BCUT2D eigenvalue weighted by Crippen LogP contribution is -2.33. The van der Waals surface area contributed by atoms with E-state index < -0.39 is 0 Å². The molecule has 2 heterocycles. The summed E-state index contributed by atoms with van der Waals surface area (Å²) >= 11 is 0. The SMILES string of the molecule is C[C@H]1CCCC[C@H]1OCCNC(=O)Cn1nccc1-c1ccncc1. The van der Waals surface area contributed by atoms with E-state index in [2.05, 4.69) is 22.3 Å². The lowest BCUT2D eigenvalue weighted by atomic mass is 9.88. The van der Waals surface area contributed by atoms with Crippen LogP contribution in [-0.2, 0) is 16.1 Å². The van der Waals surface area contributed by atoms with Gasteiger partial charge in [-0.15, -0.1) is 0 Å². The Morgan fingerprint density at radius 2 is 2.04 bits per heavy atom. The second-order valence-electron chi connectivity index (χ2n) is 6.63. The zero-order valence-corrected chi connectivity index (χ0v) is 14.7. The van der Waals surface area contributed by atoms with Crippen molar-refractivity contribution in [3.8, 4) is 11.3 Å². The Morgan fingerprint density at radius 3 is 2.84 bits per heavy atom. The zero-order valence-electron chi connectivity index (χ0n) is 14.7. The molecule has 1 aliphatic rings. The number of ether oxygens (including phenoxy) is 1. The van der Waals surface area contributed by atoms with Crippen molar-refractivity contribution < 1.29 is 9.53 Å². The van der Waals surface area contributed by atoms with Gasteiger partial charge >= 0.3 is 0 Å². The molecule has 2 aromatic heterocycles. The fourth-order valence-electron chi connectivity index (χ4n) is 3.35. The van der Waals surface area contributed by atoms with Gasteiger partial charge in [0.05, 0.1) is 18.4 Å². The molecule has 0 unspecified atom stereocenters. The van der Waals surface area contributed by atoms with E-state index in [4.69, 9.17) is 4.74 Å². The number of amides is 1. The van der Waals surface area contributed by atoms with Crippen LogP contribution in [0.5, 0.6) is 0 Å². The summed E-state index contributed by atoms with van der Waals surface area (Å²) in [6, 6.07) is 5.71. The molecule has 1 aliphatic carbocycles. The summed E-state index contributed by atoms with van der Waals surface area (Å²) in [5.74, 6) is 0.566. The van der Waals surface area contributed by atoms with Gasteiger partial charge in [0.15, 0.2) is 0 Å². The Hall–Kier alpha value is -2.21. The normalized spacial score (nSPS) is 20.4. The lowest BCUT2D eigenvalue weighted by Gasteiger charge is -2.28. The lowest BCUT2D eigenvalue weighted by molar-refractivity contribution is -0.122. The highest BCUT2D eigenvalue weighted by Crippen LogP contribution is 2.26. The quantitative estimate of drug-likeness (QED) is 0.786. The smallest absolute Gasteiger partial charge is 0.241 e. The molecule has 0 radical (unpaired) electrons. The summed E-state index contributed by atoms with van der Waals surface area (Å²) in [6.07, 6.45) is 10.4. The summed E-state index contributed by atoms with van der Waals surface area (Å²) in [7, 11) is 0. The molecule has 1 amide bonds. The highest BCUT2D eigenvalue weighted by Gasteiger charge is 2.21. The molecule has 1 N–H and O–H groups in total.